The van der Waals surface area contributed by atoms with Crippen molar-refractivity contribution >= 4 is 33.3 Å². The van der Waals surface area contributed by atoms with Gasteiger partial charge >= 0.3 is 0 Å². The molecule has 0 spiro atoms. The maximum absolute atomic E-state index is 12.9. The Labute approximate surface area is 167 Å². The van der Waals surface area contributed by atoms with Gasteiger partial charge < -0.3 is 15.0 Å². The lowest BCUT2D eigenvalue weighted by atomic mass is 10.2. The number of pyridine rings is 1. The zero-order chi connectivity index (χ0) is 19.3. The van der Waals surface area contributed by atoms with Crippen LogP contribution in [0.15, 0.2) is 36.1 Å². The summed E-state index contributed by atoms with van der Waals surface area (Å²) in [7, 11) is 0. The number of hydrogen-bond donors (Lipinski definition) is 1. The summed E-state index contributed by atoms with van der Waals surface area (Å²) in [6, 6.07) is 5.59. The van der Waals surface area contributed by atoms with E-state index in [4.69, 9.17) is 4.74 Å². The van der Waals surface area contributed by atoms with Gasteiger partial charge in [-0.25, -0.2) is 15.0 Å². The molecule has 3 aromatic rings. The number of amides is 1. The van der Waals surface area contributed by atoms with Crippen LogP contribution >= 0.6 is 11.3 Å². The Bertz CT molecular complexity index is 960. The van der Waals surface area contributed by atoms with Crippen LogP contribution in [0.25, 0.3) is 10.2 Å². The van der Waals surface area contributed by atoms with Crippen LogP contribution < -0.4 is 15.0 Å². The van der Waals surface area contributed by atoms with Gasteiger partial charge in [-0.2, -0.15) is 0 Å². The lowest BCUT2D eigenvalue weighted by molar-refractivity contribution is -0.122. The average Bonchev–Trinajstić information content (AvgIpc) is 3.40. The molecule has 1 aliphatic heterocycles. The molecule has 146 valence electrons. The Morgan fingerprint density at radius 3 is 3.18 bits per heavy atom. The normalized spacial score (nSPS) is 16.5. The highest BCUT2D eigenvalue weighted by Gasteiger charge is 2.32. The zero-order valence-corrected chi connectivity index (χ0v) is 16.6. The lowest BCUT2D eigenvalue weighted by Gasteiger charge is -2.25. The number of ether oxygens (including phenoxy) is 1. The zero-order valence-electron chi connectivity index (χ0n) is 15.8. The number of thiophene rings is 1. The average molecular weight is 398 g/mol. The summed E-state index contributed by atoms with van der Waals surface area (Å²) in [6.45, 7) is 3.88. The van der Waals surface area contributed by atoms with Crippen molar-refractivity contribution in [1.29, 1.82) is 0 Å². The molecular weight excluding hydrogens is 374 g/mol. The van der Waals surface area contributed by atoms with Crippen LogP contribution in [0.4, 0.5) is 5.82 Å². The number of nitrogens with one attached hydrogen (secondary N) is 1. The Balaban J connectivity index is 1.47. The maximum Gasteiger partial charge on any atom is 0.243 e. The quantitative estimate of drug-likeness (QED) is 0.660. The molecule has 1 amide bonds. The van der Waals surface area contributed by atoms with Crippen molar-refractivity contribution in [2.24, 2.45) is 0 Å². The number of hydrogen-bond acceptors (Lipinski definition) is 7. The van der Waals surface area contributed by atoms with E-state index in [0.29, 0.717) is 19.0 Å². The predicted molar refractivity (Wildman–Crippen MR) is 110 cm³/mol. The van der Waals surface area contributed by atoms with Crippen LogP contribution in [-0.2, 0) is 11.3 Å². The molecule has 1 atom stereocenters. The third kappa shape index (κ3) is 3.77. The Kier molecular flexibility index (Phi) is 5.66. The molecule has 1 unspecified atom stereocenters. The molecular formula is C20H23N5O2S. The Morgan fingerprint density at radius 2 is 2.29 bits per heavy atom. The Morgan fingerprint density at radius 1 is 1.36 bits per heavy atom. The van der Waals surface area contributed by atoms with E-state index in [-0.39, 0.29) is 11.9 Å². The fourth-order valence-electron chi connectivity index (χ4n) is 3.49. The van der Waals surface area contributed by atoms with E-state index < -0.39 is 0 Å². The molecule has 3 aromatic heterocycles. The van der Waals surface area contributed by atoms with Gasteiger partial charge in [0.15, 0.2) is 0 Å². The SMILES string of the molecule is CCCOc1ncccc1CNC(=O)C1CCCN1c1ncnc2sccc12. The van der Waals surface area contributed by atoms with Gasteiger partial charge in [0.2, 0.25) is 11.8 Å². The van der Waals surface area contributed by atoms with Gasteiger partial charge in [0, 0.05) is 24.8 Å². The minimum atomic E-state index is -0.227. The first-order valence-electron chi connectivity index (χ1n) is 9.57. The minimum absolute atomic E-state index is 0.00443. The highest BCUT2D eigenvalue weighted by Crippen LogP contribution is 2.31. The second kappa shape index (κ2) is 8.52. The monoisotopic (exact) mass is 397 g/mol. The fraction of sp³-hybridized carbons (Fsp3) is 0.400. The first kappa shape index (κ1) is 18.6. The standard InChI is InChI=1S/C20H23N5O2S/c1-2-10-27-19-14(5-3-8-21-19)12-22-18(26)16-6-4-9-25(16)17-15-7-11-28-20(15)24-13-23-17/h3,5,7-8,11,13,16H,2,4,6,9-10,12H2,1H3,(H,22,26). The van der Waals surface area contributed by atoms with Crippen LogP contribution in [-0.4, -0.2) is 40.1 Å². The first-order chi connectivity index (χ1) is 13.8. The summed E-state index contributed by atoms with van der Waals surface area (Å²) in [5.41, 5.74) is 0.885. The maximum atomic E-state index is 12.9. The number of fused-ring (bicyclic) bond motifs is 1. The number of aromatic nitrogens is 3. The summed E-state index contributed by atoms with van der Waals surface area (Å²) in [5.74, 6) is 1.44. The van der Waals surface area contributed by atoms with Crippen molar-refractivity contribution < 1.29 is 9.53 Å². The van der Waals surface area contributed by atoms with Crippen molar-refractivity contribution in [2.75, 3.05) is 18.1 Å². The van der Waals surface area contributed by atoms with Gasteiger partial charge in [-0.05, 0) is 36.8 Å². The van der Waals surface area contributed by atoms with Crippen molar-refractivity contribution in [3.8, 4) is 5.88 Å². The molecule has 4 rings (SSSR count). The predicted octanol–water partition coefficient (Wildman–Crippen LogP) is 3.16. The Hall–Kier alpha value is -2.74. The highest BCUT2D eigenvalue weighted by atomic mass is 32.1. The molecule has 0 aliphatic carbocycles. The second-order valence-corrected chi connectivity index (χ2v) is 7.62. The van der Waals surface area contributed by atoms with E-state index in [1.54, 1.807) is 23.9 Å². The molecule has 4 heterocycles. The third-order valence-electron chi connectivity index (χ3n) is 4.81. The highest BCUT2D eigenvalue weighted by molar-refractivity contribution is 7.16. The van der Waals surface area contributed by atoms with Crippen molar-refractivity contribution in [2.45, 2.75) is 38.8 Å². The summed E-state index contributed by atoms with van der Waals surface area (Å²) in [5, 5.41) is 6.08. The molecule has 7 nitrogen and oxygen atoms in total. The number of carbonyl (C=O) groups is 1. The molecule has 1 N–H and O–H groups in total. The van der Waals surface area contributed by atoms with Crippen LogP contribution in [0.5, 0.6) is 5.88 Å². The largest absolute Gasteiger partial charge is 0.477 e. The van der Waals surface area contributed by atoms with Gasteiger partial charge in [-0.3, -0.25) is 4.79 Å². The summed E-state index contributed by atoms with van der Waals surface area (Å²) in [6.07, 6.45) is 5.97. The fourth-order valence-corrected chi connectivity index (χ4v) is 4.21. The van der Waals surface area contributed by atoms with E-state index in [0.717, 1.165) is 47.4 Å². The van der Waals surface area contributed by atoms with E-state index in [9.17, 15) is 4.79 Å². The van der Waals surface area contributed by atoms with Gasteiger partial charge in [0.05, 0.1) is 12.0 Å². The van der Waals surface area contributed by atoms with Gasteiger partial charge in [-0.1, -0.05) is 13.0 Å². The summed E-state index contributed by atoms with van der Waals surface area (Å²) in [4.78, 5) is 29.1. The van der Waals surface area contributed by atoms with E-state index in [1.165, 1.54) is 0 Å². The molecule has 0 saturated carbocycles. The van der Waals surface area contributed by atoms with Crippen molar-refractivity contribution in [3.63, 3.8) is 0 Å². The molecule has 1 aliphatic rings. The van der Waals surface area contributed by atoms with Crippen LogP contribution in [0, 0.1) is 0 Å². The topological polar surface area (TPSA) is 80.2 Å². The summed E-state index contributed by atoms with van der Waals surface area (Å²) < 4.78 is 5.69. The van der Waals surface area contributed by atoms with Crippen LogP contribution in [0.2, 0.25) is 0 Å². The number of carbonyl (C=O) groups excluding carboxylic acids is 1. The van der Waals surface area contributed by atoms with Gasteiger partial charge in [-0.15, -0.1) is 11.3 Å². The smallest absolute Gasteiger partial charge is 0.243 e. The molecule has 28 heavy (non-hydrogen) atoms. The molecule has 8 heteroatoms. The number of rotatable bonds is 7. The van der Waals surface area contributed by atoms with Crippen LogP contribution in [0.1, 0.15) is 31.7 Å². The first-order valence-corrected chi connectivity index (χ1v) is 10.4. The van der Waals surface area contributed by atoms with Crippen molar-refractivity contribution in [3.05, 3.63) is 41.7 Å². The lowest BCUT2D eigenvalue weighted by Crippen LogP contribution is -2.43. The second-order valence-electron chi connectivity index (χ2n) is 6.72. The number of anilines is 1. The molecule has 0 radical (unpaired) electrons. The third-order valence-corrected chi connectivity index (χ3v) is 5.63. The molecule has 1 saturated heterocycles. The summed E-state index contributed by atoms with van der Waals surface area (Å²) >= 11 is 1.59. The van der Waals surface area contributed by atoms with E-state index in [2.05, 4.69) is 32.1 Å². The van der Waals surface area contributed by atoms with Gasteiger partial charge in [0.1, 0.15) is 23.0 Å². The van der Waals surface area contributed by atoms with Gasteiger partial charge in [0.25, 0.3) is 0 Å². The van der Waals surface area contributed by atoms with Crippen LogP contribution in [0.3, 0.4) is 0 Å². The van der Waals surface area contributed by atoms with E-state index in [1.807, 2.05) is 23.6 Å². The molecule has 0 bridgehead atoms. The molecule has 0 aromatic carbocycles. The number of nitrogens with zero attached hydrogens (tertiary/aromatic N) is 4. The van der Waals surface area contributed by atoms with Crippen molar-refractivity contribution in [1.82, 2.24) is 20.3 Å². The minimum Gasteiger partial charge on any atom is -0.477 e. The molecule has 1 fully saturated rings. The van der Waals surface area contributed by atoms with E-state index >= 15 is 0 Å².